The molecule has 0 saturated heterocycles. The van der Waals surface area contributed by atoms with Crippen LogP contribution in [0.4, 0.5) is 0 Å². The third-order valence-electron chi connectivity index (χ3n) is 7.20. The molecule has 5 atom stereocenters. The standard InChI is InChI=1S/C31H48N6O11/c1-17(2)15-23(36-27(43)20(33)10-12-25(39)40)29(45)34-21(5-3-4-14-32)28(44)37-24(16-18-6-8-19(38)9-7-18)30(46)35-22(31(47)48)11-13-26(41)42/h6-9,17,20-24,38H,3-5,10-16,32-33H2,1-2H3,(H,34,45)(H,35,46)(H,36,43)(H,37,44)(H,39,40)(H,41,42)(H,47,48)/t20-,21-,22-,23-,24-/m0/s1. The van der Waals surface area contributed by atoms with Gasteiger partial charge in [-0.3, -0.25) is 28.8 Å². The molecule has 12 N–H and O–H groups in total. The number of carboxylic acids is 3. The molecule has 48 heavy (non-hydrogen) atoms. The van der Waals surface area contributed by atoms with Crippen LogP contribution in [-0.4, -0.2) is 98.7 Å². The topological polar surface area (TPSA) is 301 Å². The second-order valence-electron chi connectivity index (χ2n) is 11.8. The molecule has 0 saturated carbocycles. The maximum Gasteiger partial charge on any atom is 0.326 e. The van der Waals surface area contributed by atoms with Crippen molar-refractivity contribution in [2.75, 3.05) is 6.54 Å². The largest absolute Gasteiger partial charge is 0.508 e. The van der Waals surface area contributed by atoms with Crippen LogP contribution >= 0.6 is 0 Å². The first kappa shape index (κ1) is 41.3. The molecule has 17 nitrogen and oxygen atoms in total. The summed E-state index contributed by atoms with van der Waals surface area (Å²) in [5, 5.41) is 47.0. The summed E-state index contributed by atoms with van der Waals surface area (Å²) in [7, 11) is 0. The minimum absolute atomic E-state index is 0.0584. The van der Waals surface area contributed by atoms with Crippen LogP contribution in [0.1, 0.15) is 70.8 Å². The van der Waals surface area contributed by atoms with Crippen LogP contribution in [0, 0.1) is 5.92 Å². The first-order valence-electron chi connectivity index (χ1n) is 15.6. The number of aliphatic carboxylic acids is 3. The average Bonchev–Trinajstić information content (AvgIpc) is 3.00. The highest BCUT2D eigenvalue weighted by Crippen LogP contribution is 2.13. The molecule has 4 amide bonds. The number of aromatic hydroxyl groups is 1. The summed E-state index contributed by atoms with van der Waals surface area (Å²) in [6.45, 7) is 3.90. The molecule has 0 heterocycles. The molecule has 268 valence electrons. The molecule has 1 aromatic rings. The summed E-state index contributed by atoms with van der Waals surface area (Å²) in [6, 6.07) is -0.845. The van der Waals surface area contributed by atoms with Gasteiger partial charge in [0.2, 0.25) is 23.6 Å². The van der Waals surface area contributed by atoms with E-state index in [1.165, 1.54) is 24.3 Å². The predicted octanol–water partition coefficient (Wildman–Crippen LogP) is -0.809. The van der Waals surface area contributed by atoms with Gasteiger partial charge in [-0.1, -0.05) is 26.0 Å². The molecule has 1 aromatic carbocycles. The van der Waals surface area contributed by atoms with Gasteiger partial charge in [-0.15, -0.1) is 0 Å². The highest BCUT2D eigenvalue weighted by Gasteiger charge is 2.32. The van der Waals surface area contributed by atoms with Crippen molar-refractivity contribution in [3.63, 3.8) is 0 Å². The number of carboxylic acid groups (broad SMARTS) is 3. The quantitative estimate of drug-likeness (QED) is 0.0633. The minimum atomic E-state index is -1.57. The molecule has 0 unspecified atom stereocenters. The zero-order valence-corrected chi connectivity index (χ0v) is 27.1. The fourth-order valence-corrected chi connectivity index (χ4v) is 4.57. The average molecular weight is 681 g/mol. The molecular weight excluding hydrogens is 632 g/mol. The van der Waals surface area contributed by atoms with Crippen molar-refractivity contribution in [3.8, 4) is 5.75 Å². The summed E-state index contributed by atoms with van der Waals surface area (Å²) in [4.78, 5) is 86.8. The second kappa shape index (κ2) is 21.2. The van der Waals surface area contributed by atoms with Crippen molar-refractivity contribution in [2.24, 2.45) is 17.4 Å². The van der Waals surface area contributed by atoms with Crippen molar-refractivity contribution < 1.29 is 54.0 Å². The van der Waals surface area contributed by atoms with E-state index < -0.39 is 84.6 Å². The molecule has 0 bridgehead atoms. The maximum absolute atomic E-state index is 13.7. The smallest absolute Gasteiger partial charge is 0.326 e. The van der Waals surface area contributed by atoms with Crippen molar-refractivity contribution in [1.82, 2.24) is 21.3 Å². The number of phenolic OH excluding ortho intramolecular Hbond substituents is 1. The van der Waals surface area contributed by atoms with Crippen LogP contribution < -0.4 is 32.7 Å². The number of hydrogen-bond acceptors (Lipinski definition) is 10. The molecule has 0 aliphatic rings. The predicted molar refractivity (Wildman–Crippen MR) is 171 cm³/mol. The number of nitrogens with two attached hydrogens (primary N) is 2. The summed E-state index contributed by atoms with van der Waals surface area (Å²) >= 11 is 0. The number of nitrogens with one attached hydrogen (secondary N) is 4. The van der Waals surface area contributed by atoms with Crippen molar-refractivity contribution >= 4 is 41.5 Å². The van der Waals surface area contributed by atoms with Gasteiger partial charge in [-0.05, 0) is 68.7 Å². The van der Waals surface area contributed by atoms with Gasteiger partial charge < -0.3 is 53.2 Å². The van der Waals surface area contributed by atoms with Crippen LogP contribution in [0.15, 0.2) is 24.3 Å². The van der Waals surface area contributed by atoms with E-state index in [4.69, 9.17) is 21.7 Å². The van der Waals surface area contributed by atoms with E-state index in [0.29, 0.717) is 24.9 Å². The van der Waals surface area contributed by atoms with E-state index in [9.17, 15) is 43.8 Å². The number of amides is 4. The van der Waals surface area contributed by atoms with Gasteiger partial charge in [0, 0.05) is 19.3 Å². The minimum Gasteiger partial charge on any atom is -0.508 e. The summed E-state index contributed by atoms with van der Waals surface area (Å²) < 4.78 is 0. The number of hydrogen-bond donors (Lipinski definition) is 10. The van der Waals surface area contributed by atoms with E-state index in [1.807, 2.05) is 0 Å². The molecule has 0 aliphatic heterocycles. The monoisotopic (exact) mass is 680 g/mol. The first-order chi connectivity index (χ1) is 22.5. The Labute approximate surface area is 278 Å². The van der Waals surface area contributed by atoms with E-state index in [0.717, 1.165) is 0 Å². The Bertz CT molecular complexity index is 1260. The Morgan fingerprint density at radius 2 is 1.17 bits per heavy atom. The lowest BCUT2D eigenvalue weighted by molar-refractivity contribution is -0.143. The SMILES string of the molecule is CC(C)C[C@H](NC(=O)[C@@H](N)CCC(=O)O)C(=O)N[C@@H](CCCCN)C(=O)N[C@@H](Cc1ccc(O)cc1)C(=O)N[C@@H](CCC(=O)O)C(=O)O. The number of benzene rings is 1. The van der Waals surface area contributed by atoms with Gasteiger partial charge in [0.05, 0.1) is 6.04 Å². The van der Waals surface area contributed by atoms with E-state index >= 15 is 0 Å². The molecule has 0 aromatic heterocycles. The number of carbonyl (C=O) groups is 7. The van der Waals surface area contributed by atoms with Crippen LogP contribution in [0.5, 0.6) is 5.75 Å². The second-order valence-corrected chi connectivity index (χ2v) is 11.8. The van der Waals surface area contributed by atoms with Crippen LogP contribution in [0.25, 0.3) is 0 Å². The molecule has 0 radical (unpaired) electrons. The fourth-order valence-electron chi connectivity index (χ4n) is 4.57. The lowest BCUT2D eigenvalue weighted by Crippen LogP contribution is -2.59. The Kier molecular flexibility index (Phi) is 18.2. The van der Waals surface area contributed by atoms with Gasteiger partial charge in [-0.25, -0.2) is 4.79 Å². The first-order valence-corrected chi connectivity index (χ1v) is 15.6. The van der Waals surface area contributed by atoms with Crippen molar-refractivity contribution in [1.29, 1.82) is 0 Å². The van der Waals surface area contributed by atoms with E-state index in [1.54, 1.807) is 13.8 Å². The lowest BCUT2D eigenvalue weighted by Gasteiger charge is -2.27. The normalized spacial score (nSPS) is 14.1. The zero-order valence-electron chi connectivity index (χ0n) is 27.1. The molecule has 1 rings (SSSR count). The number of unbranched alkanes of at least 4 members (excludes halogenated alkanes) is 1. The third kappa shape index (κ3) is 16.2. The fraction of sp³-hybridized carbons (Fsp3) is 0.581. The van der Waals surface area contributed by atoms with Crippen molar-refractivity contribution in [2.45, 2.75) is 102 Å². The number of phenols is 1. The van der Waals surface area contributed by atoms with Crippen LogP contribution in [0.2, 0.25) is 0 Å². The molecule has 0 aliphatic carbocycles. The third-order valence-corrected chi connectivity index (χ3v) is 7.20. The van der Waals surface area contributed by atoms with Crippen molar-refractivity contribution in [3.05, 3.63) is 29.8 Å². The summed E-state index contributed by atoms with van der Waals surface area (Å²) in [5.74, 6) is -7.25. The summed E-state index contributed by atoms with van der Waals surface area (Å²) in [6.07, 6.45) is -0.523. The molecule has 17 heteroatoms. The molecule has 0 fully saturated rings. The Balaban J connectivity index is 3.28. The van der Waals surface area contributed by atoms with Gasteiger partial charge in [0.25, 0.3) is 0 Å². The number of carbonyl (C=O) groups excluding carboxylic acids is 4. The highest BCUT2D eigenvalue weighted by atomic mass is 16.4. The van der Waals surface area contributed by atoms with E-state index in [2.05, 4.69) is 21.3 Å². The molecule has 0 spiro atoms. The van der Waals surface area contributed by atoms with Gasteiger partial charge in [0.15, 0.2) is 0 Å². The highest BCUT2D eigenvalue weighted by molar-refractivity contribution is 5.95. The summed E-state index contributed by atoms with van der Waals surface area (Å²) in [5.41, 5.74) is 11.9. The Morgan fingerprint density at radius 3 is 1.71 bits per heavy atom. The maximum atomic E-state index is 13.7. The van der Waals surface area contributed by atoms with Gasteiger partial charge in [0.1, 0.15) is 29.9 Å². The Hall–Kier alpha value is -4.77. The van der Waals surface area contributed by atoms with Crippen LogP contribution in [0.3, 0.4) is 0 Å². The molecular formula is C31H48N6O11. The Morgan fingerprint density at radius 1 is 0.667 bits per heavy atom. The van der Waals surface area contributed by atoms with Crippen LogP contribution in [-0.2, 0) is 40.0 Å². The number of rotatable bonds is 23. The van der Waals surface area contributed by atoms with Gasteiger partial charge in [-0.2, -0.15) is 0 Å². The van der Waals surface area contributed by atoms with Gasteiger partial charge >= 0.3 is 17.9 Å². The lowest BCUT2D eigenvalue weighted by atomic mass is 10.0. The van der Waals surface area contributed by atoms with E-state index in [-0.39, 0.29) is 43.8 Å². The zero-order chi connectivity index (χ0) is 36.4.